The number of nitrogen functional groups attached to an aromatic ring is 1. The molecule has 0 spiro atoms. The molecule has 0 saturated carbocycles. The molecule has 1 aromatic heterocycles. The van der Waals surface area contributed by atoms with E-state index in [2.05, 4.69) is 0 Å². The largest absolute Gasteiger partial charge is 0.397 e. The molecule has 0 atom stereocenters. The number of likely N-dealkylation sites (N-methyl/N-ethyl adjacent to an activating group) is 1. The Labute approximate surface area is 122 Å². The first kappa shape index (κ1) is 14.8. The second kappa shape index (κ2) is 5.42. The number of nitrogens with zero attached hydrogens (tertiary/aromatic N) is 1. The van der Waals surface area contributed by atoms with E-state index < -0.39 is 5.60 Å². The minimum Gasteiger partial charge on any atom is -0.397 e. The van der Waals surface area contributed by atoms with E-state index in [0.717, 1.165) is 10.1 Å². The van der Waals surface area contributed by atoms with Crippen LogP contribution in [-0.4, -0.2) is 34.6 Å². The van der Waals surface area contributed by atoms with E-state index in [-0.39, 0.29) is 12.5 Å². The van der Waals surface area contributed by atoms with Crippen molar-refractivity contribution in [3.8, 4) is 0 Å². The van der Waals surface area contributed by atoms with Crippen molar-refractivity contribution in [1.82, 2.24) is 4.90 Å². The molecule has 1 heterocycles. The summed E-state index contributed by atoms with van der Waals surface area (Å²) in [7, 11) is 0. The maximum Gasteiger partial charge on any atom is 0.266 e. The number of benzene rings is 1. The van der Waals surface area contributed by atoms with E-state index in [0.29, 0.717) is 17.1 Å². The number of anilines is 1. The molecule has 0 fully saturated rings. The van der Waals surface area contributed by atoms with Crippen LogP contribution in [0.1, 0.15) is 30.4 Å². The first-order valence-corrected chi connectivity index (χ1v) is 7.44. The number of nitrogens with two attached hydrogens (primary N) is 1. The van der Waals surface area contributed by atoms with Gasteiger partial charge in [-0.2, -0.15) is 0 Å². The number of carbonyl (C=O) groups excluding carboxylic acids is 1. The first-order valence-electron chi connectivity index (χ1n) is 6.62. The monoisotopic (exact) mass is 292 g/mol. The van der Waals surface area contributed by atoms with Crippen LogP contribution in [0.25, 0.3) is 10.1 Å². The lowest BCUT2D eigenvalue weighted by atomic mass is 10.1. The molecule has 0 unspecified atom stereocenters. The lowest BCUT2D eigenvalue weighted by Crippen LogP contribution is -2.42. The molecule has 0 aliphatic carbocycles. The molecule has 2 aromatic rings. The molecule has 20 heavy (non-hydrogen) atoms. The van der Waals surface area contributed by atoms with Gasteiger partial charge in [0.15, 0.2) is 0 Å². The average molecular weight is 292 g/mol. The van der Waals surface area contributed by atoms with Crippen LogP contribution in [0.4, 0.5) is 5.69 Å². The molecule has 3 N–H and O–H groups in total. The van der Waals surface area contributed by atoms with Crippen molar-refractivity contribution in [2.24, 2.45) is 0 Å². The maximum absolute atomic E-state index is 12.6. The molecule has 0 radical (unpaired) electrons. The fraction of sp³-hybridized carbons (Fsp3) is 0.400. The van der Waals surface area contributed by atoms with Crippen molar-refractivity contribution in [2.75, 3.05) is 18.8 Å². The van der Waals surface area contributed by atoms with Crippen molar-refractivity contribution in [1.29, 1.82) is 0 Å². The Kier molecular flexibility index (Phi) is 4.01. The minimum absolute atomic E-state index is 0.117. The third-order valence-electron chi connectivity index (χ3n) is 3.07. The summed E-state index contributed by atoms with van der Waals surface area (Å²) >= 11 is 1.40. The van der Waals surface area contributed by atoms with Crippen molar-refractivity contribution in [3.63, 3.8) is 0 Å². The van der Waals surface area contributed by atoms with Crippen LogP contribution in [-0.2, 0) is 0 Å². The summed E-state index contributed by atoms with van der Waals surface area (Å²) in [6.45, 7) is 6.11. The predicted molar refractivity (Wildman–Crippen MR) is 84.1 cm³/mol. The number of hydrogen-bond donors (Lipinski definition) is 2. The summed E-state index contributed by atoms with van der Waals surface area (Å²) in [5.74, 6) is -0.117. The number of fused-ring (bicyclic) bond motifs is 1. The highest BCUT2D eigenvalue weighted by atomic mass is 32.1. The SMILES string of the molecule is CCN(CC(C)(C)O)C(=O)c1sc2ccccc2c1N. The first-order chi connectivity index (χ1) is 9.33. The molecule has 4 nitrogen and oxygen atoms in total. The summed E-state index contributed by atoms with van der Waals surface area (Å²) in [6, 6.07) is 7.72. The van der Waals surface area contributed by atoms with Crippen LogP contribution < -0.4 is 5.73 Å². The quantitative estimate of drug-likeness (QED) is 0.910. The molecular weight excluding hydrogens is 272 g/mol. The fourth-order valence-electron chi connectivity index (χ4n) is 2.16. The Hall–Kier alpha value is -1.59. The second-order valence-corrected chi connectivity index (χ2v) is 6.52. The van der Waals surface area contributed by atoms with Crippen LogP contribution in [0.2, 0.25) is 0 Å². The van der Waals surface area contributed by atoms with E-state index in [9.17, 15) is 9.90 Å². The molecular formula is C15H20N2O2S. The van der Waals surface area contributed by atoms with Gasteiger partial charge in [-0.25, -0.2) is 0 Å². The lowest BCUT2D eigenvalue weighted by Gasteiger charge is -2.27. The fourth-order valence-corrected chi connectivity index (χ4v) is 3.25. The molecule has 1 aromatic carbocycles. The Morgan fingerprint density at radius 2 is 2.05 bits per heavy atom. The molecule has 0 saturated heterocycles. The van der Waals surface area contributed by atoms with Gasteiger partial charge in [0.05, 0.1) is 11.3 Å². The maximum atomic E-state index is 12.6. The highest BCUT2D eigenvalue weighted by Crippen LogP contribution is 2.34. The van der Waals surface area contributed by atoms with Gasteiger partial charge < -0.3 is 15.7 Å². The zero-order valence-electron chi connectivity index (χ0n) is 12.0. The Bertz CT molecular complexity index is 628. The number of rotatable bonds is 4. The molecule has 1 amide bonds. The van der Waals surface area contributed by atoms with Crippen LogP contribution in [0.15, 0.2) is 24.3 Å². The molecule has 2 rings (SSSR count). The normalized spacial score (nSPS) is 11.8. The lowest BCUT2D eigenvalue weighted by molar-refractivity contribution is 0.0318. The Morgan fingerprint density at radius 3 is 2.60 bits per heavy atom. The van der Waals surface area contributed by atoms with Crippen LogP contribution >= 0.6 is 11.3 Å². The third-order valence-corrected chi connectivity index (χ3v) is 4.25. The van der Waals surface area contributed by atoms with Gasteiger partial charge in [0.25, 0.3) is 5.91 Å². The zero-order chi connectivity index (χ0) is 14.9. The summed E-state index contributed by atoms with van der Waals surface area (Å²) in [6.07, 6.45) is 0. The van der Waals surface area contributed by atoms with Gasteiger partial charge in [-0.15, -0.1) is 11.3 Å². The molecule has 5 heteroatoms. The van der Waals surface area contributed by atoms with Crippen molar-refractivity contribution in [2.45, 2.75) is 26.4 Å². The van der Waals surface area contributed by atoms with Crippen molar-refractivity contribution in [3.05, 3.63) is 29.1 Å². The predicted octanol–water partition coefficient (Wildman–Crippen LogP) is 2.72. The molecule has 108 valence electrons. The van der Waals surface area contributed by atoms with Crippen molar-refractivity contribution < 1.29 is 9.90 Å². The summed E-state index contributed by atoms with van der Waals surface area (Å²) in [4.78, 5) is 14.8. The van der Waals surface area contributed by atoms with Gasteiger partial charge >= 0.3 is 0 Å². The third kappa shape index (κ3) is 2.94. The van der Waals surface area contributed by atoms with Gasteiger partial charge in [0.1, 0.15) is 4.88 Å². The summed E-state index contributed by atoms with van der Waals surface area (Å²) in [5.41, 5.74) is 5.71. The zero-order valence-corrected chi connectivity index (χ0v) is 12.8. The molecule has 0 bridgehead atoms. The van der Waals surface area contributed by atoms with Crippen LogP contribution in [0, 0.1) is 0 Å². The van der Waals surface area contributed by atoms with Gasteiger partial charge in [-0.3, -0.25) is 4.79 Å². The number of carbonyl (C=O) groups is 1. The van der Waals surface area contributed by atoms with Crippen LogP contribution in [0.3, 0.4) is 0 Å². The minimum atomic E-state index is -0.920. The van der Waals surface area contributed by atoms with Gasteiger partial charge in [-0.1, -0.05) is 18.2 Å². The van der Waals surface area contributed by atoms with E-state index in [1.54, 1.807) is 18.7 Å². The average Bonchev–Trinajstić information content (AvgIpc) is 2.72. The van der Waals surface area contributed by atoms with Gasteiger partial charge in [0, 0.05) is 23.2 Å². The van der Waals surface area contributed by atoms with Crippen molar-refractivity contribution >= 4 is 33.0 Å². The topological polar surface area (TPSA) is 66.6 Å². The highest BCUT2D eigenvalue weighted by Gasteiger charge is 2.25. The van der Waals surface area contributed by atoms with E-state index >= 15 is 0 Å². The number of hydrogen-bond acceptors (Lipinski definition) is 4. The Balaban J connectivity index is 2.37. The van der Waals surface area contributed by atoms with E-state index in [4.69, 9.17) is 5.73 Å². The standard InChI is InChI=1S/C15H20N2O2S/c1-4-17(9-15(2,3)19)14(18)13-12(16)10-7-5-6-8-11(10)20-13/h5-8,19H,4,9,16H2,1-3H3. The Morgan fingerprint density at radius 1 is 1.40 bits per heavy atom. The second-order valence-electron chi connectivity index (χ2n) is 5.47. The van der Waals surface area contributed by atoms with Crippen LogP contribution in [0.5, 0.6) is 0 Å². The number of aliphatic hydroxyl groups is 1. The smallest absolute Gasteiger partial charge is 0.266 e. The summed E-state index contributed by atoms with van der Waals surface area (Å²) < 4.78 is 1.01. The number of amides is 1. The van der Waals surface area contributed by atoms with Gasteiger partial charge in [-0.05, 0) is 26.8 Å². The summed E-state index contributed by atoms with van der Waals surface area (Å²) in [5, 5.41) is 10.8. The van der Waals surface area contributed by atoms with Gasteiger partial charge in [0.2, 0.25) is 0 Å². The van der Waals surface area contributed by atoms with E-state index in [1.807, 2.05) is 31.2 Å². The van der Waals surface area contributed by atoms with E-state index in [1.165, 1.54) is 11.3 Å². The molecule has 0 aliphatic rings. The number of thiophene rings is 1. The molecule has 0 aliphatic heterocycles. The highest BCUT2D eigenvalue weighted by molar-refractivity contribution is 7.21.